The quantitative estimate of drug-likeness (QED) is 0.803. The predicted octanol–water partition coefficient (Wildman–Crippen LogP) is 2.71. The van der Waals surface area contributed by atoms with Gasteiger partial charge in [0.1, 0.15) is 5.69 Å². The zero-order chi connectivity index (χ0) is 17.3. The van der Waals surface area contributed by atoms with Crippen molar-refractivity contribution in [3.63, 3.8) is 0 Å². The lowest BCUT2D eigenvalue weighted by Crippen LogP contribution is -2.31. The number of methoxy groups -OCH3 is 1. The summed E-state index contributed by atoms with van der Waals surface area (Å²) in [6.45, 7) is 0.819. The maximum atomic E-state index is 12.8. The number of amides is 1. The Morgan fingerprint density at radius 3 is 2.50 bits per heavy atom. The number of hydrogen-bond acceptors (Lipinski definition) is 3. The van der Waals surface area contributed by atoms with Gasteiger partial charge in [-0.15, -0.1) is 0 Å². The second-order valence-corrected chi connectivity index (χ2v) is 6.45. The van der Waals surface area contributed by atoms with Crippen molar-refractivity contribution >= 4 is 23.5 Å². The van der Waals surface area contributed by atoms with Gasteiger partial charge in [-0.1, -0.05) is 41.9 Å². The molecule has 1 aromatic heterocycles. The largest absolute Gasteiger partial charge is 0.469 e. The van der Waals surface area contributed by atoms with E-state index in [9.17, 15) is 9.59 Å². The van der Waals surface area contributed by atoms with Crippen molar-refractivity contribution in [2.75, 3.05) is 20.2 Å². The summed E-state index contributed by atoms with van der Waals surface area (Å²) in [6, 6.07) is 11.4. The molecule has 0 saturated carbocycles. The van der Waals surface area contributed by atoms with Crippen LogP contribution < -0.4 is 0 Å². The van der Waals surface area contributed by atoms with Crippen molar-refractivity contribution < 1.29 is 14.3 Å². The van der Waals surface area contributed by atoms with Crippen molar-refractivity contribution in [1.82, 2.24) is 9.47 Å². The third kappa shape index (κ3) is 3.04. The number of rotatable bonds is 3. The van der Waals surface area contributed by atoms with Crippen molar-refractivity contribution in [2.45, 2.75) is 5.92 Å². The average molecular weight is 347 g/mol. The van der Waals surface area contributed by atoms with Crippen LogP contribution in [0, 0.1) is 5.92 Å². The molecule has 2 heterocycles. The summed E-state index contributed by atoms with van der Waals surface area (Å²) in [5.41, 5.74) is 1.55. The molecular weight excluding hydrogens is 328 g/mol. The Labute approximate surface area is 145 Å². The van der Waals surface area contributed by atoms with Crippen molar-refractivity contribution in [1.29, 1.82) is 0 Å². The van der Waals surface area contributed by atoms with Gasteiger partial charge in [-0.2, -0.15) is 0 Å². The fourth-order valence-corrected chi connectivity index (χ4v) is 3.55. The van der Waals surface area contributed by atoms with Crippen LogP contribution in [0.1, 0.15) is 22.0 Å². The predicted molar refractivity (Wildman–Crippen MR) is 91.0 cm³/mol. The molecule has 126 valence electrons. The van der Waals surface area contributed by atoms with E-state index in [-0.39, 0.29) is 23.7 Å². The molecule has 1 amide bonds. The summed E-state index contributed by atoms with van der Waals surface area (Å²) in [6.07, 6.45) is 1.69. The number of carbonyl (C=O) groups excluding carboxylic acids is 2. The van der Waals surface area contributed by atoms with Gasteiger partial charge >= 0.3 is 5.97 Å². The first kappa shape index (κ1) is 16.6. The highest BCUT2D eigenvalue weighted by Crippen LogP contribution is 2.34. The lowest BCUT2D eigenvalue weighted by molar-refractivity contribution is -0.145. The molecule has 0 unspecified atom stereocenters. The van der Waals surface area contributed by atoms with E-state index >= 15 is 0 Å². The normalized spacial score (nSPS) is 20.2. The molecule has 1 fully saturated rings. The van der Waals surface area contributed by atoms with Crippen LogP contribution in [-0.2, 0) is 16.6 Å². The monoisotopic (exact) mass is 346 g/mol. The van der Waals surface area contributed by atoms with Crippen LogP contribution in [0.3, 0.4) is 0 Å². The van der Waals surface area contributed by atoms with Crippen LogP contribution in [0.5, 0.6) is 0 Å². The van der Waals surface area contributed by atoms with E-state index < -0.39 is 0 Å². The van der Waals surface area contributed by atoms with Gasteiger partial charge < -0.3 is 14.2 Å². The van der Waals surface area contributed by atoms with E-state index in [1.807, 2.05) is 30.3 Å². The number of likely N-dealkylation sites (tertiary alicyclic amines) is 1. The van der Waals surface area contributed by atoms with Crippen molar-refractivity contribution in [3.8, 4) is 0 Å². The first-order chi connectivity index (χ1) is 11.5. The lowest BCUT2D eigenvalue weighted by atomic mass is 9.89. The number of halogens is 1. The smallest absolute Gasteiger partial charge is 0.311 e. The first-order valence-corrected chi connectivity index (χ1v) is 8.13. The molecule has 1 aromatic carbocycles. The Bertz CT molecular complexity index is 757. The average Bonchev–Trinajstić information content (AvgIpc) is 3.18. The Morgan fingerprint density at radius 2 is 1.92 bits per heavy atom. The summed E-state index contributed by atoms with van der Waals surface area (Å²) in [4.78, 5) is 26.7. The third-order valence-electron chi connectivity index (χ3n) is 4.53. The molecule has 1 aliphatic heterocycles. The zero-order valence-electron chi connectivity index (χ0n) is 13.6. The summed E-state index contributed by atoms with van der Waals surface area (Å²) in [5.74, 6) is -0.851. The summed E-state index contributed by atoms with van der Waals surface area (Å²) < 4.78 is 6.65. The minimum Gasteiger partial charge on any atom is -0.469 e. The topological polar surface area (TPSA) is 51.5 Å². The molecule has 1 saturated heterocycles. The molecule has 0 aliphatic carbocycles. The molecule has 5 nitrogen and oxygen atoms in total. The summed E-state index contributed by atoms with van der Waals surface area (Å²) in [7, 11) is 3.16. The number of ether oxygens (including phenoxy) is 1. The maximum Gasteiger partial charge on any atom is 0.311 e. The van der Waals surface area contributed by atoms with E-state index in [2.05, 4.69) is 0 Å². The molecule has 0 N–H and O–H groups in total. The molecule has 0 bridgehead atoms. The summed E-state index contributed by atoms with van der Waals surface area (Å²) >= 11 is 5.98. The number of aryl methyl sites for hydroxylation is 1. The molecule has 2 atom stereocenters. The van der Waals surface area contributed by atoms with Gasteiger partial charge in [0.05, 0.1) is 18.1 Å². The number of esters is 1. The highest BCUT2D eigenvalue weighted by Gasteiger charge is 2.41. The Balaban J connectivity index is 1.88. The minimum absolute atomic E-state index is 0.0710. The van der Waals surface area contributed by atoms with Crippen LogP contribution in [0.4, 0.5) is 0 Å². The second kappa shape index (κ2) is 6.69. The first-order valence-electron chi connectivity index (χ1n) is 7.75. The lowest BCUT2D eigenvalue weighted by Gasteiger charge is -2.17. The van der Waals surface area contributed by atoms with Gasteiger partial charge in [0.15, 0.2) is 0 Å². The SMILES string of the molecule is COC(=O)[C@@H]1CN(C(=O)c2cc(Cl)cn2C)C[C@H]1c1ccccc1. The van der Waals surface area contributed by atoms with Crippen molar-refractivity contribution in [3.05, 3.63) is 58.9 Å². The fourth-order valence-electron chi connectivity index (χ4n) is 3.30. The van der Waals surface area contributed by atoms with Crippen LogP contribution in [0.2, 0.25) is 5.02 Å². The van der Waals surface area contributed by atoms with E-state index in [0.29, 0.717) is 23.8 Å². The maximum absolute atomic E-state index is 12.8. The van der Waals surface area contributed by atoms with Gasteiger partial charge in [0.2, 0.25) is 0 Å². The Morgan fingerprint density at radius 1 is 1.21 bits per heavy atom. The number of nitrogens with zero attached hydrogens (tertiary/aromatic N) is 2. The van der Waals surface area contributed by atoms with Gasteiger partial charge in [0, 0.05) is 32.3 Å². The van der Waals surface area contributed by atoms with E-state index in [4.69, 9.17) is 16.3 Å². The highest BCUT2D eigenvalue weighted by atomic mass is 35.5. The summed E-state index contributed by atoms with van der Waals surface area (Å²) in [5, 5.41) is 0.518. The second-order valence-electron chi connectivity index (χ2n) is 6.01. The standard InChI is InChI=1S/C18H19ClN2O3/c1-20-9-13(19)8-16(20)17(22)21-10-14(12-6-4-3-5-7-12)15(11-21)18(23)24-2/h3-9,14-15H,10-11H2,1-2H3/t14-,15+/m0/s1. The van der Waals surface area contributed by atoms with Gasteiger partial charge in [-0.25, -0.2) is 0 Å². The molecule has 3 rings (SSSR count). The highest BCUT2D eigenvalue weighted by molar-refractivity contribution is 6.31. The van der Waals surface area contributed by atoms with Gasteiger partial charge in [-0.05, 0) is 11.6 Å². The van der Waals surface area contributed by atoms with Gasteiger partial charge in [-0.3, -0.25) is 9.59 Å². The van der Waals surface area contributed by atoms with E-state index in [0.717, 1.165) is 5.56 Å². The molecule has 0 spiro atoms. The number of aromatic nitrogens is 1. The van der Waals surface area contributed by atoms with Crippen LogP contribution in [0.15, 0.2) is 42.6 Å². The molecular formula is C18H19ClN2O3. The molecule has 24 heavy (non-hydrogen) atoms. The van der Waals surface area contributed by atoms with E-state index in [1.165, 1.54) is 7.11 Å². The Hall–Kier alpha value is -2.27. The van der Waals surface area contributed by atoms with Crippen LogP contribution in [0.25, 0.3) is 0 Å². The zero-order valence-corrected chi connectivity index (χ0v) is 14.4. The molecule has 6 heteroatoms. The van der Waals surface area contributed by atoms with Crippen LogP contribution >= 0.6 is 11.6 Å². The number of carbonyl (C=O) groups is 2. The minimum atomic E-state index is -0.364. The number of benzene rings is 1. The number of hydrogen-bond donors (Lipinski definition) is 0. The molecule has 1 aliphatic rings. The van der Waals surface area contributed by atoms with Crippen LogP contribution in [-0.4, -0.2) is 41.5 Å². The Kier molecular flexibility index (Phi) is 4.62. The third-order valence-corrected chi connectivity index (χ3v) is 4.74. The fraction of sp³-hybridized carbons (Fsp3) is 0.333. The van der Waals surface area contributed by atoms with E-state index in [1.54, 1.807) is 28.8 Å². The molecule has 2 aromatic rings. The van der Waals surface area contributed by atoms with Crippen molar-refractivity contribution in [2.24, 2.45) is 13.0 Å². The molecule has 0 radical (unpaired) electrons. The van der Waals surface area contributed by atoms with Gasteiger partial charge in [0.25, 0.3) is 5.91 Å².